The third-order valence-electron chi connectivity index (χ3n) is 1.02. The number of rotatable bonds is 4. The van der Waals surface area contributed by atoms with Gasteiger partial charge in [-0.15, -0.1) is 0 Å². The van der Waals surface area contributed by atoms with Gasteiger partial charge in [-0.1, -0.05) is 0 Å². The molecule has 86 valence electrons. The van der Waals surface area contributed by atoms with Crippen LogP contribution in [0.25, 0.3) is 0 Å². The smallest absolute Gasteiger partial charge is 0.366 e. The van der Waals surface area contributed by atoms with Gasteiger partial charge >= 0.3 is 11.9 Å². The highest BCUT2D eigenvalue weighted by Gasteiger charge is 2.13. The molecule has 0 radical (unpaired) electrons. The molecule has 0 unspecified atom stereocenters. The van der Waals surface area contributed by atoms with Crippen LogP contribution in [0.5, 0.6) is 0 Å². The Morgan fingerprint density at radius 2 is 1.67 bits per heavy atom. The Hall–Kier alpha value is -1.36. The fourth-order valence-corrected chi connectivity index (χ4v) is 0.520. The van der Waals surface area contributed by atoms with E-state index in [0.717, 1.165) is 12.2 Å². The summed E-state index contributed by atoms with van der Waals surface area (Å²) in [5.41, 5.74) is -0.576. The van der Waals surface area contributed by atoms with Crippen molar-refractivity contribution in [1.29, 1.82) is 0 Å². The van der Waals surface area contributed by atoms with Crippen LogP contribution in [0.4, 0.5) is 0 Å². The molecule has 0 heterocycles. The molecule has 0 saturated carbocycles. The first-order chi connectivity index (χ1) is 6.85. The third-order valence-corrected chi connectivity index (χ3v) is 1.02. The average molecular weight is 216 g/mol. The van der Waals surface area contributed by atoms with E-state index in [1.165, 1.54) is 0 Å². The van der Waals surface area contributed by atoms with Crippen LogP contribution < -0.4 is 0 Å². The summed E-state index contributed by atoms with van der Waals surface area (Å²) in [5, 5.41) is 0. The largest absolute Gasteiger partial charge is 0.463 e. The van der Waals surface area contributed by atoms with Crippen molar-refractivity contribution in [2.45, 2.75) is 33.3 Å². The van der Waals surface area contributed by atoms with Gasteiger partial charge in [-0.3, -0.25) is 4.89 Å². The van der Waals surface area contributed by atoms with Gasteiger partial charge in [0.25, 0.3) is 0 Å². The van der Waals surface area contributed by atoms with Crippen LogP contribution in [0.2, 0.25) is 0 Å². The predicted molar refractivity (Wildman–Crippen MR) is 52.7 cm³/mol. The maximum absolute atomic E-state index is 11.0. The average Bonchev–Trinajstić information content (AvgIpc) is 2.11. The molecule has 0 fully saturated rings. The zero-order valence-electron chi connectivity index (χ0n) is 9.40. The van der Waals surface area contributed by atoms with Crippen molar-refractivity contribution < 1.29 is 24.1 Å². The van der Waals surface area contributed by atoms with Gasteiger partial charge in [0.15, 0.2) is 0 Å². The fourth-order valence-electron chi connectivity index (χ4n) is 0.520. The summed E-state index contributed by atoms with van der Waals surface area (Å²) < 4.78 is 4.56. The predicted octanol–water partition coefficient (Wildman–Crippen LogP) is 1.38. The van der Waals surface area contributed by atoms with E-state index in [2.05, 4.69) is 9.62 Å². The number of esters is 1. The van der Waals surface area contributed by atoms with Crippen LogP contribution in [0, 0.1) is 0 Å². The molecule has 0 spiro atoms. The summed E-state index contributed by atoms with van der Waals surface area (Å²) in [6, 6.07) is 0. The molecule has 5 nitrogen and oxygen atoms in total. The van der Waals surface area contributed by atoms with E-state index in [9.17, 15) is 9.59 Å². The minimum Gasteiger partial charge on any atom is -0.463 e. The van der Waals surface area contributed by atoms with Gasteiger partial charge in [-0.2, -0.15) is 4.89 Å². The van der Waals surface area contributed by atoms with E-state index in [4.69, 9.17) is 4.89 Å². The normalized spacial score (nSPS) is 11.5. The standard InChI is InChI=1S/C10H16O5/c1-5-13-8(11)6-7-9(12)14-15-10(2,3)4/h6-7H,5H2,1-4H3. The molecule has 0 aromatic heterocycles. The molecule has 0 aromatic carbocycles. The number of carbonyl (C=O) groups excluding carboxylic acids is 2. The molecule has 0 bridgehead atoms. The minimum atomic E-state index is -0.752. The second kappa shape index (κ2) is 6.19. The summed E-state index contributed by atoms with van der Waals surface area (Å²) >= 11 is 0. The Morgan fingerprint density at radius 1 is 1.13 bits per heavy atom. The molecule has 0 saturated heterocycles. The highest BCUT2D eigenvalue weighted by atomic mass is 17.2. The summed E-state index contributed by atoms with van der Waals surface area (Å²) in [7, 11) is 0. The van der Waals surface area contributed by atoms with Crippen molar-refractivity contribution in [2.75, 3.05) is 6.61 Å². The maximum atomic E-state index is 11.0. The Bertz CT molecular complexity index is 249. The van der Waals surface area contributed by atoms with Gasteiger partial charge in [-0.05, 0) is 27.7 Å². The molecule has 15 heavy (non-hydrogen) atoms. The quantitative estimate of drug-likeness (QED) is 0.307. The number of carbonyl (C=O) groups is 2. The van der Waals surface area contributed by atoms with Gasteiger partial charge in [0.2, 0.25) is 0 Å². The number of hydrogen-bond acceptors (Lipinski definition) is 5. The summed E-state index contributed by atoms with van der Waals surface area (Å²) in [6.07, 6.45) is 1.93. The van der Waals surface area contributed by atoms with Crippen LogP contribution in [0.1, 0.15) is 27.7 Å². The van der Waals surface area contributed by atoms with Gasteiger partial charge in [0, 0.05) is 12.2 Å². The van der Waals surface area contributed by atoms with E-state index in [1.54, 1.807) is 27.7 Å². The first kappa shape index (κ1) is 13.6. The van der Waals surface area contributed by atoms with Crippen molar-refractivity contribution in [2.24, 2.45) is 0 Å². The van der Waals surface area contributed by atoms with Gasteiger partial charge < -0.3 is 4.74 Å². The highest BCUT2D eigenvalue weighted by molar-refractivity contribution is 5.91. The molecule has 0 rings (SSSR count). The zero-order valence-corrected chi connectivity index (χ0v) is 9.40. The Kier molecular flexibility index (Phi) is 5.62. The Balaban J connectivity index is 3.89. The summed E-state index contributed by atoms with van der Waals surface area (Å²) in [4.78, 5) is 30.9. The molecule has 0 atom stereocenters. The van der Waals surface area contributed by atoms with Crippen LogP contribution in [0.3, 0.4) is 0 Å². The maximum Gasteiger partial charge on any atom is 0.366 e. The fraction of sp³-hybridized carbons (Fsp3) is 0.600. The van der Waals surface area contributed by atoms with Crippen molar-refractivity contribution in [3.63, 3.8) is 0 Å². The second-order valence-corrected chi connectivity index (χ2v) is 3.68. The minimum absolute atomic E-state index is 0.261. The molecular formula is C10H16O5. The van der Waals surface area contributed by atoms with Gasteiger partial charge in [-0.25, -0.2) is 9.59 Å². The number of hydrogen-bond donors (Lipinski definition) is 0. The number of ether oxygens (including phenoxy) is 1. The van der Waals surface area contributed by atoms with E-state index in [-0.39, 0.29) is 6.61 Å². The van der Waals surface area contributed by atoms with Crippen molar-refractivity contribution >= 4 is 11.9 Å². The van der Waals surface area contributed by atoms with Crippen LogP contribution >= 0.6 is 0 Å². The molecule has 0 aliphatic rings. The lowest BCUT2D eigenvalue weighted by atomic mass is 10.2. The Morgan fingerprint density at radius 3 is 2.13 bits per heavy atom. The first-order valence-electron chi connectivity index (χ1n) is 4.59. The molecular weight excluding hydrogens is 200 g/mol. The molecule has 0 N–H and O–H groups in total. The van der Waals surface area contributed by atoms with Crippen molar-refractivity contribution in [1.82, 2.24) is 0 Å². The summed E-state index contributed by atoms with van der Waals surface area (Å²) in [5.74, 6) is -1.34. The highest BCUT2D eigenvalue weighted by Crippen LogP contribution is 2.06. The topological polar surface area (TPSA) is 61.8 Å². The first-order valence-corrected chi connectivity index (χ1v) is 4.59. The lowest BCUT2D eigenvalue weighted by Gasteiger charge is -2.15. The molecule has 0 aliphatic heterocycles. The Labute approximate surface area is 88.9 Å². The van der Waals surface area contributed by atoms with Crippen molar-refractivity contribution in [3.05, 3.63) is 12.2 Å². The lowest BCUT2D eigenvalue weighted by Crippen LogP contribution is -2.21. The molecule has 0 aromatic rings. The second-order valence-electron chi connectivity index (χ2n) is 3.68. The van der Waals surface area contributed by atoms with Gasteiger partial charge in [0.05, 0.1) is 6.61 Å². The van der Waals surface area contributed by atoms with E-state index < -0.39 is 17.5 Å². The van der Waals surface area contributed by atoms with Gasteiger partial charge in [0.1, 0.15) is 5.60 Å². The monoisotopic (exact) mass is 216 g/mol. The molecule has 5 heteroatoms. The third kappa shape index (κ3) is 8.96. The zero-order chi connectivity index (χ0) is 11.9. The van der Waals surface area contributed by atoms with Crippen LogP contribution in [-0.2, 0) is 24.1 Å². The van der Waals surface area contributed by atoms with E-state index >= 15 is 0 Å². The van der Waals surface area contributed by atoms with Crippen LogP contribution in [0.15, 0.2) is 12.2 Å². The van der Waals surface area contributed by atoms with Crippen LogP contribution in [-0.4, -0.2) is 24.1 Å². The van der Waals surface area contributed by atoms with E-state index in [0.29, 0.717) is 0 Å². The SMILES string of the molecule is CCOC(=O)C=CC(=O)OOC(C)(C)C. The summed E-state index contributed by atoms with van der Waals surface area (Å²) in [6.45, 7) is 7.13. The molecule has 0 aliphatic carbocycles. The van der Waals surface area contributed by atoms with E-state index in [1.807, 2.05) is 0 Å². The lowest BCUT2D eigenvalue weighted by molar-refractivity contribution is -0.316. The molecule has 0 amide bonds. The van der Waals surface area contributed by atoms with Crippen molar-refractivity contribution in [3.8, 4) is 0 Å².